The molecule has 2 rings (SSSR count). The highest BCUT2D eigenvalue weighted by Crippen LogP contribution is 2.18. The zero-order valence-electron chi connectivity index (χ0n) is 16.5. The Morgan fingerprint density at radius 3 is 2.11 bits per heavy atom. The minimum atomic E-state index is -3.79. The minimum Gasteiger partial charge on any atom is -0.324 e. The van der Waals surface area contributed by atoms with Crippen molar-refractivity contribution < 1.29 is 13.2 Å². The molecule has 27 heavy (non-hydrogen) atoms. The van der Waals surface area contributed by atoms with E-state index in [-0.39, 0.29) is 16.7 Å². The second kappa shape index (κ2) is 8.67. The number of carbonyl (C=O) groups excluding carboxylic acids is 1. The summed E-state index contributed by atoms with van der Waals surface area (Å²) in [6, 6.07) is 11.4. The first-order chi connectivity index (χ1) is 12.6. The van der Waals surface area contributed by atoms with E-state index in [1.807, 2.05) is 52.8 Å². The Kier molecular flexibility index (Phi) is 6.78. The van der Waals surface area contributed by atoms with Crippen LogP contribution in [0.15, 0.2) is 47.4 Å². The van der Waals surface area contributed by atoms with Gasteiger partial charge >= 0.3 is 0 Å². The van der Waals surface area contributed by atoms with Crippen molar-refractivity contribution in [1.29, 1.82) is 0 Å². The van der Waals surface area contributed by atoms with Gasteiger partial charge in [-0.05, 0) is 56.9 Å². The Balaban J connectivity index is 2.23. The van der Waals surface area contributed by atoms with Crippen molar-refractivity contribution >= 4 is 21.6 Å². The molecule has 0 heterocycles. The second-order valence-electron chi connectivity index (χ2n) is 7.42. The highest BCUT2D eigenvalue weighted by atomic mass is 32.2. The van der Waals surface area contributed by atoms with E-state index in [9.17, 15) is 13.2 Å². The fourth-order valence-corrected chi connectivity index (χ4v) is 4.03. The maximum Gasteiger partial charge on any atom is 0.242 e. The predicted molar refractivity (Wildman–Crippen MR) is 109 cm³/mol. The topological polar surface area (TPSA) is 75.3 Å². The Morgan fingerprint density at radius 2 is 1.56 bits per heavy atom. The van der Waals surface area contributed by atoms with Gasteiger partial charge in [0.05, 0.1) is 4.90 Å². The maximum atomic E-state index is 12.8. The van der Waals surface area contributed by atoms with Gasteiger partial charge in [0.15, 0.2) is 0 Å². The molecule has 0 saturated heterocycles. The van der Waals surface area contributed by atoms with Gasteiger partial charge in [0.1, 0.15) is 6.04 Å². The molecule has 0 fully saturated rings. The van der Waals surface area contributed by atoms with Gasteiger partial charge in [-0.15, -0.1) is 0 Å². The molecule has 0 bridgehead atoms. The van der Waals surface area contributed by atoms with Crippen LogP contribution in [0, 0.1) is 26.7 Å². The van der Waals surface area contributed by atoms with E-state index < -0.39 is 16.1 Å². The van der Waals surface area contributed by atoms with E-state index in [1.165, 1.54) is 0 Å². The second-order valence-corrected chi connectivity index (χ2v) is 9.14. The molecular weight excluding hydrogens is 360 g/mol. The number of nitrogens with one attached hydrogen (secondary N) is 2. The van der Waals surface area contributed by atoms with E-state index in [4.69, 9.17) is 0 Å². The number of benzene rings is 2. The van der Waals surface area contributed by atoms with Crippen molar-refractivity contribution in [2.45, 2.75) is 52.0 Å². The van der Waals surface area contributed by atoms with Gasteiger partial charge in [-0.1, -0.05) is 49.2 Å². The van der Waals surface area contributed by atoms with Gasteiger partial charge < -0.3 is 5.32 Å². The fraction of sp³-hybridized carbons (Fsp3) is 0.381. The lowest BCUT2D eigenvalue weighted by atomic mass is 10.0. The van der Waals surface area contributed by atoms with Crippen LogP contribution in [0.4, 0.5) is 5.69 Å². The summed E-state index contributed by atoms with van der Waals surface area (Å²) in [4.78, 5) is 13.0. The van der Waals surface area contributed by atoms with Crippen molar-refractivity contribution in [3.8, 4) is 0 Å². The largest absolute Gasteiger partial charge is 0.324 e. The summed E-state index contributed by atoms with van der Waals surface area (Å²) in [5.41, 5.74) is 3.70. The van der Waals surface area contributed by atoms with Gasteiger partial charge in [0.2, 0.25) is 15.9 Å². The molecule has 0 saturated carbocycles. The van der Waals surface area contributed by atoms with E-state index in [0.717, 1.165) is 16.7 Å². The number of sulfonamides is 1. The molecule has 6 heteroatoms. The molecule has 0 radical (unpaired) electrons. The summed E-state index contributed by atoms with van der Waals surface area (Å²) in [5.74, 6) is -0.202. The lowest BCUT2D eigenvalue weighted by Gasteiger charge is -2.21. The number of aryl methyl sites for hydroxylation is 3. The Morgan fingerprint density at radius 1 is 0.963 bits per heavy atom. The quantitative estimate of drug-likeness (QED) is 0.754. The number of anilines is 1. The van der Waals surface area contributed by atoms with Crippen LogP contribution in [0.2, 0.25) is 0 Å². The highest BCUT2D eigenvalue weighted by molar-refractivity contribution is 7.89. The molecule has 0 aliphatic carbocycles. The lowest BCUT2D eigenvalue weighted by molar-refractivity contribution is -0.118. The van der Waals surface area contributed by atoms with Gasteiger partial charge in [-0.2, -0.15) is 4.72 Å². The summed E-state index contributed by atoms with van der Waals surface area (Å²) < 4.78 is 28.0. The van der Waals surface area contributed by atoms with Crippen LogP contribution >= 0.6 is 0 Å². The lowest BCUT2D eigenvalue weighted by Crippen LogP contribution is -2.44. The monoisotopic (exact) mass is 388 g/mol. The van der Waals surface area contributed by atoms with Crippen LogP contribution in [0.25, 0.3) is 0 Å². The Hall–Kier alpha value is -2.18. The van der Waals surface area contributed by atoms with Crippen molar-refractivity contribution in [2.75, 3.05) is 5.32 Å². The molecule has 1 amide bonds. The summed E-state index contributed by atoms with van der Waals surface area (Å²) in [6.07, 6.45) is 0.405. The van der Waals surface area contributed by atoms with Gasteiger partial charge in [-0.25, -0.2) is 8.42 Å². The fourth-order valence-electron chi connectivity index (χ4n) is 2.83. The molecule has 0 aromatic heterocycles. The molecule has 0 aliphatic heterocycles. The minimum absolute atomic E-state index is 0.153. The van der Waals surface area contributed by atoms with E-state index in [2.05, 4.69) is 10.0 Å². The smallest absolute Gasteiger partial charge is 0.242 e. The number of amides is 1. The first kappa shape index (κ1) is 21.1. The van der Waals surface area contributed by atoms with Crippen molar-refractivity contribution in [1.82, 2.24) is 4.72 Å². The van der Waals surface area contributed by atoms with Crippen molar-refractivity contribution in [3.05, 3.63) is 59.2 Å². The first-order valence-corrected chi connectivity index (χ1v) is 10.5. The molecule has 0 aliphatic rings. The van der Waals surface area contributed by atoms with Gasteiger partial charge in [0.25, 0.3) is 0 Å². The molecule has 0 unspecified atom stereocenters. The molecule has 0 spiro atoms. The molecule has 2 N–H and O–H groups in total. The highest BCUT2D eigenvalue weighted by Gasteiger charge is 2.26. The summed E-state index contributed by atoms with van der Waals surface area (Å²) in [7, 11) is -3.79. The molecule has 146 valence electrons. The van der Waals surface area contributed by atoms with Crippen LogP contribution in [0.3, 0.4) is 0 Å². The van der Waals surface area contributed by atoms with Crippen molar-refractivity contribution in [3.63, 3.8) is 0 Å². The third kappa shape index (κ3) is 5.91. The summed E-state index contributed by atoms with van der Waals surface area (Å²) >= 11 is 0. The van der Waals surface area contributed by atoms with Crippen molar-refractivity contribution in [2.24, 2.45) is 5.92 Å². The molecule has 2 aromatic rings. The molecule has 2 aromatic carbocycles. The normalized spacial score (nSPS) is 12.8. The number of hydrogen-bond acceptors (Lipinski definition) is 3. The standard InChI is InChI=1S/C21H28N2O3S/c1-14(2)12-20(21(24)22-19-11-8-16(4)13-17(19)5)23-27(25,26)18-9-6-15(3)7-10-18/h6-11,13-14,20,23H,12H2,1-5H3,(H,22,24)/t20-/m1/s1. The van der Waals surface area contributed by atoms with E-state index in [1.54, 1.807) is 24.3 Å². The van der Waals surface area contributed by atoms with Crippen LogP contribution in [-0.2, 0) is 14.8 Å². The third-order valence-electron chi connectivity index (χ3n) is 4.29. The van der Waals surface area contributed by atoms with Crippen LogP contribution in [-0.4, -0.2) is 20.4 Å². The SMILES string of the molecule is Cc1ccc(S(=O)(=O)N[C@H](CC(C)C)C(=O)Nc2ccc(C)cc2C)cc1. The zero-order valence-corrected chi connectivity index (χ0v) is 17.4. The molecule has 5 nitrogen and oxygen atoms in total. The summed E-state index contributed by atoms with van der Waals surface area (Å²) in [6.45, 7) is 9.70. The van der Waals surface area contributed by atoms with E-state index >= 15 is 0 Å². The van der Waals surface area contributed by atoms with Crippen LogP contribution < -0.4 is 10.0 Å². The molecular formula is C21H28N2O3S. The van der Waals surface area contributed by atoms with Gasteiger partial charge in [0, 0.05) is 5.69 Å². The van der Waals surface area contributed by atoms with Gasteiger partial charge in [-0.3, -0.25) is 4.79 Å². The predicted octanol–water partition coefficient (Wildman–Crippen LogP) is 3.94. The molecule has 1 atom stereocenters. The van der Waals surface area contributed by atoms with E-state index in [0.29, 0.717) is 12.1 Å². The van der Waals surface area contributed by atoms with Crippen LogP contribution in [0.1, 0.15) is 37.0 Å². The average Bonchev–Trinajstić information content (AvgIpc) is 2.56. The average molecular weight is 389 g/mol. The maximum absolute atomic E-state index is 12.8. The number of rotatable bonds is 7. The number of hydrogen-bond donors (Lipinski definition) is 2. The zero-order chi connectivity index (χ0) is 20.2. The summed E-state index contributed by atoms with van der Waals surface area (Å²) in [5, 5.41) is 2.86. The van der Waals surface area contributed by atoms with Crippen LogP contribution in [0.5, 0.6) is 0 Å². The number of carbonyl (C=O) groups is 1. The third-order valence-corrected chi connectivity index (χ3v) is 5.78. The Labute approximate surface area is 162 Å². The first-order valence-electron chi connectivity index (χ1n) is 9.05. The Bertz CT molecular complexity index is 904.